The molecule has 0 aromatic heterocycles. The van der Waals surface area contributed by atoms with Crippen molar-refractivity contribution in [2.24, 2.45) is 0 Å². The number of benzene rings is 2. The minimum Gasteiger partial charge on any atom is -0.462 e. The van der Waals surface area contributed by atoms with E-state index in [0.29, 0.717) is 27.7 Å². The van der Waals surface area contributed by atoms with Crippen LogP contribution in [0.2, 0.25) is 10.0 Å². The molecular formula is C21H19Cl2NO3. The minimum atomic E-state index is -0.431. The van der Waals surface area contributed by atoms with E-state index in [1.54, 1.807) is 25.1 Å². The van der Waals surface area contributed by atoms with E-state index in [-0.39, 0.29) is 18.9 Å². The molecule has 2 aromatic rings. The Morgan fingerprint density at radius 3 is 2.59 bits per heavy atom. The lowest BCUT2D eigenvalue weighted by Gasteiger charge is -2.26. The molecule has 1 aliphatic rings. The standard InChI is InChI=1S/C21H19Cl2NO3/c1-13-20(21(26)27-10-9-14-5-3-2-4-6-14)16(12-19(25)24-13)15-7-8-17(22)18(23)11-15/h2-8,11,16H,9-10,12H2,1H3,(H,24,25). The van der Waals surface area contributed by atoms with Gasteiger partial charge in [-0.05, 0) is 30.2 Å². The topological polar surface area (TPSA) is 55.4 Å². The van der Waals surface area contributed by atoms with Crippen LogP contribution in [0.1, 0.15) is 30.4 Å². The quantitative estimate of drug-likeness (QED) is 0.738. The molecule has 1 amide bonds. The van der Waals surface area contributed by atoms with Crippen molar-refractivity contribution in [2.75, 3.05) is 6.61 Å². The van der Waals surface area contributed by atoms with E-state index in [2.05, 4.69) is 5.32 Å². The van der Waals surface area contributed by atoms with Crippen molar-refractivity contribution >= 4 is 35.1 Å². The lowest BCUT2D eigenvalue weighted by atomic mass is 9.84. The van der Waals surface area contributed by atoms with Gasteiger partial charge < -0.3 is 10.1 Å². The zero-order chi connectivity index (χ0) is 19.4. The van der Waals surface area contributed by atoms with Crippen LogP contribution < -0.4 is 5.32 Å². The molecular weight excluding hydrogens is 385 g/mol. The molecule has 1 heterocycles. The first-order valence-corrected chi connectivity index (χ1v) is 9.38. The summed E-state index contributed by atoms with van der Waals surface area (Å²) in [4.78, 5) is 24.8. The molecule has 0 fully saturated rings. The summed E-state index contributed by atoms with van der Waals surface area (Å²) in [6, 6.07) is 14.9. The van der Waals surface area contributed by atoms with Crippen molar-refractivity contribution in [3.05, 3.63) is 81.0 Å². The van der Waals surface area contributed by atoms with Gasteiger partial charge in [-0.15, -0.1) is 0 Å². The first kappa shape index (κ1) is 19.5. The first-order valence-electron chi connectivity index (χ1n) is 8.62. The number of carbonyl (C=O) groups excluding carboxylic acids is 2. The van der Waals surface area contributed by atoms with Gasteiger partial charge in [-0.1, -0.05) is 59.6 Å². The third kappa shape index (κ3) is 4.71. The first-order chi connectivity index (χ1) is 13.0. The maximum atomic E-state index is 12.8. The molecule has 2 aromatic carbocycles. The fourth-order valence-corrected chi connectivity index (χ4v) is 3.48. The highest BCUT2D eigenvalue weighted by atomic mass is 35.5. The monoisotopic (exact) mass is 403 g/mol. The van der Waals surface area contributed by atoms with E-state index in [1.165, 1.54) is 0 Å². The molecule has 0 bridgehead atoms. The maximum Gasteiger partial charge on any atom is 0.336 e. The molecule has 0 spiro atoms. The number of esters is 1. The summed E-state index contributed by atoms with van der Waals surface area (Å²) in [5, 5.41) is 3.53. The van der Waals surface area contributed by atoms with Crippen LogP contribution in [0.15, 0.2) is 59.8 Å². The van der Waals surface area contributed by atoms with Gasteiger partial charge in [0.2, 0.25) is 5.91 Å². The molecule has 0 radical (unpaired) electrons. The molecule has 1 unspecified atom stereocenters. The summed E-state index contributed by atoms with van der Waals surface area (Å²) >= 11 is 12.1. The zero-order valence-corrected chi connectivity index (χ0v) is 16.3. The lowest BCUT2D eigenvalue weighted by molar-refractivity contribution is -0.139. The van der Waals surface area contributed by atoms with Gasteiger partial charge in [-0.25, -0.2) is 4.79 Å². The Morgan fingerprint density at radius 1 is 1.15 bits per heavy atom. The van der Waals surface area contributed by atoms with E-state index >= 15 is 0 Å². The predicted molar refractivity (Wildman–Crippen MR) is 106 cm³/mol. The number of amides is 1. The van der Waals surface area contributed by atoms with E-state index in [9.17, 15) is 9.59 Å². The summed E-state index contributed by atoms with van der Waals surface area (Å²) in [5.74, 6) is -0.998. The van der Waals surface area contributed by atoms with Crippen molar-refractivity contribution in [3.8, 4) is 0 Å². The minimum absolute atomic E-state index is 0.149. The van der Waals surface area contributed by atoms with Gasteiger partial charge in [0.1, 0.15) is 0 Å². The number of rotatable bonds is 5. The van der Waals surface area contributed by atoms with E-state index in [4.69, 9.17) is 27.9 Å². The molecule has 3 rings (SSSR count). The zero-order valence-electron chi connectivity index (χ0n) is 14.8. The van der Waals surface area contributed by atoms with Gasteiger partial charge >= 0.3 is 5.97 Å². The number of halogens is 2. The number of hydrogen-bond donors (Lipinski definition) is 1. The molecule has 1 N–H and O–H groups in total. The van der Waals surface area contributed by atoms with E-state index in [0.717, 1.165) is 11.1 Å². The van der Waals surface area contributed by atoms with Crippen LogP contribution in [0.5, 0.6) is 0 Å². The maximum absolute atomic E-state index is 12.8. The second-order valence-electron chi connectivity index (χ2n) is 6.39. The van der Waals surface area contributed by atoms with Crippen molar-refractivity contribution in [1.82, 2.24) is 5.32 Å². The summed E-state index contributed by atoms with van der Waals surface area (Å²) in [6.45, 7) is 1.97. The third-order valence-corrected chi connectivity index (χ3v) is 5.24. The van der Waals surface area contributed by atoms with Crippen LogP contribution >= 0.6 is 23.2 Å². The van der Waals surface area contributed by atoms with Crippen molar-refractivity contribution in [2.45, 2.75) is 25.7 Å². The van der Waals surface area contributed by atoms with Gasteiger partial charge in [0, 0.05) is 24.5 Å². The average Bonchev–Trinajstić information content (AvgIpc) is 2.64. The van der Waals surface area contributed by atoms with Gasteiger partial charge in [0.05, 0.1) is 22.2 Å². The molecule has 1 aliphatic heterocycles. The molecule has 0 saturated heterocycles. The van der Waals surface area contributed by atoms with Crippen molar-refractivity contribution in [3.63, 3.8) is 0 Å². The highest BCUT2D eigenvalue weighted by Gasteiger charge is 2.33. The van der Waals surface area contributed by atoms with Crippen LogP contribution in [0.25, 0.3) is 0 Å². The molecule has 140 valence electrons. The third-order valence-electron chi connectivity index (χ3n) is 4.50. The molecule has 4 nitrogen and oxygen atoms in total. The fourth-order valence-electron chi connectivity index (χ4n) is 3.17. The number of allylic oxidation sites excluding steroid dienone is 1. The molecule has 0 saturated carbocycles. The number of hydrogen-bond acceptors (Lipinski definition) is 3. The van der Waals surface area contributed by atoms with Gasteiger partial charge in [0.15, 0.2) is 0 Å². The van der Waals surface area contributed by atoms with Crippen LogP contribution in [0.3, 0.4) is 0 Å². The Balaban J connectivity index is 1.78. The lowest BCUT2D eigenvalue weighted by Crippen LogP contribution is -2.34. The normalized spacial score (nSPS) is 16.9. The average molecular weight is 404 g/mol. The smallest absolute Gasteiger partial charge is 0.336 e. The van der Waals surface area contributed by atoms with Crippen LogP contribution in [0.4, 0.5) is 0 Å². The highest BCUT2D eigenvalue weighted by molar-refractivity contribution is 6.42. The van der Waals surface area contributed by atoms with E-state index in [1.807, 2.05) is 30.3 Å². The molecule has 0 aliphatic carbocycles. The Hall–Kier alpha value is -2.30. The number of ether oxygens (including phenoxy) is 1. The summed E-state index contributed by atoms with van der Waals surface area (Å²) < 4.78 is 5.49. The Morgan fingerprint density at radius 2 is 1.89 bits per heavy atom. The number of nitrogens with one attached hydrogen (secondary N) is 1. The Kier molecular flexibility index (Phi) is 6.19. The van der Waals surface area contributed by atoms with Gasteiger partial charge in [-0.2, -0.15) is 0 Å². The second kappa shape index (κ2) is 8.59. The Labute approximate surface area is 168 Å². The molecule has 27 heavy (non-hydrogen) atoms. The summed E-state index contributed by atoms with van der Waals surface area (Å²) in [5.41, 5.74) is 2.80. The largest absolute Gasteiger partial charge is 0.462 e. The van der Waals surface area contributed by atoms with E-state index < -0.39 is 11.9 Å². The van der Waals surface area contributed by atoms with Crippen LogP contribution in [0, 0.1) is 0 Å². The van der Waals surface area contributed by atoms with Crippen molar-refractivity contribution in [1.29, 1.82) is 0 Å². The predicted octanol–water partition coefficient (Wildman–Crippen LogP) is 4.66. The molecule has 1 atom stereocenters. The summed E-state index contributed by atoms with van der Waals surface area (Å²) in [6.07, 6.45) is 0.779. The highest BCUT2D eigenvalue weighted by Crippen LogP contribution is 2.36. The van der Waals surface area contributed by atoms with Crippen LogP contribution in [-0.4, -0.2) is 18.5 Å². The fraction of sp³-hybridized carbons (Fsp3) is 0.238. The summed E-state index contributed by atoms with van der Waals surface area (Å²) in [7, 11) is 0. The van der Waals surface area contributed by atoms with Crippen molar-refractivity contribution < 1.29 is 14.3 Å². The van der Waals surface area contributed by atoms with Gasteiger partial charge in [0.25, 0.3) is 0 Å². The Bertz CT molecular complexity index is 894. The number of carbonyl (C=O) groups is 2. The second-order valence-corrected chi connectivity index (χ2v) is 7.20. The van der Waals surface area contributed by atoms with Crippen LogP contribution in [-0.2, 0) is 20.7 Å². The van der Waals surface area contributed by atoms with Gasteiger partial charge in [-0.3, -0.25) is 4.79 Å². The molecule has 6 heteroatoms. The SMILES string of the molecule is CC1=C(C(=O)OCCc2ccccc2)C(c2ccc(Cl)c(Cl)c2)CC(=O)N1.